The van der Waals surface area contributed by atoms with E-state index in [9.17, 15) is 9.59 Å². The van der Waals surface area contributed by atoms with Crippen LogP contribution in [0.4, 0.5) is 5.69 Å². The minimum atomic E-state index is -0.557. The van der Waals surface area contributed by atoms with Crippen LogP contribution in [-0.4, -0.2) is 27.8 Å². The summed E-state index contributed by atoms with van der Waals surface area (Å²) in [6.45, 7) is -0.204. The lowest BCUT2D eigenvalue weighted by Gasteiger charge is -2.07. The van der Waals surface area contributed by atoms with Gasteiger partial charge in [-0.05, 0) is 48.5 Å². The molecule has 7 heteroatoms. The van der Waals surface area contributed by atoms with Crippen molar-refractivity contribution >= 4 is 23.1 Å². The van der Waals surface area contributed by atoms with Gasteiger partial charge in [0.05, 0.1) is 5.69 Å². The number of nitrogens with two attached hydrogens (primary N) is 1. The van der Waals surface area contributed by atoms with Gasteiger partial charge in [-0.15, -0.1) is 0 Å². The molecule has 2 aromatic heterocycles. The molecule has 0 radical (unpaired) electrons. The molecule has 29 heavy (non-hydrogen) atoms. The normalized spacial score (nSPS) is 10.6. The van der Waals surface area contributed by atoms with Crippen molar-refractivity contribution in [3.05, 3.63) is 84.7 Å². The molecule has 0 bridgehead atoms. The predicted molar refractivity (Wildman–Crippen MR) is 110 cm³/mol. The molecular weight excluding hydrogens is 368 g/mol. The molecule has 0 saturated carbocycles. The van der Waals surface area contributed by atoms with Gasteiger partial charge in [-0.3, -0.25) is 9.59 Å². The number of rotatable bonds is 6. The van der Waals surface area contributed by atoms with Crippen LogP contribution in [0.15, 0.2) is 79.1 Å². The maximum absolute atomic E-state index is 12.4. The van der Waals surface area contributed by atoms with Crippen molar-refractivity contribution in [2.45, 2.75) is 0 Å². The van der Waals surface area contributed by atoms with Crippen LogP contribution in [-0.2, 0) is 4.79 Å². The van der Waals surface area contributed by atoms with Crippen LogP contribution in [0.2, 0.25) is 0 Å². The Kier molecular flexibility index (Phi) is 4.94. The van der Waals surface area contributed by atoms with Gasteiger partial charge < -0.3 is 20.2 Å². The van der Waals surface area contributed by atoms with Gasteiger partial charge in [0.25, 0.3) is 11.8 Å². The van der Waals surface area contributed by atoms with Gasteiger partial charge in [-0.25, -0.2) is 4.98 Å². The van der Waals surface area contributed by atoms with E-state index in [0.717, 1.165) is 16.9 Å². The molecule has 0 aliphatic heterocycles. The number of hydrogen-bond donors (Lipinski definition) is 2. The summed E-state index contributed by atoms with van der Waals surface area (Å²) in [5.74, 6) is -0.331. The Bertz CT molecular complexity index is 1130. The number of fused-ring (bicyclic) bond motifs is 1. The van der Waals surface area contributed by atoms with Crippen LogP contribution >= 0.6 is 0 Å². The highest BCUT2D eigenvalue weighted by molar-refractivity contribution is 6.04. The first kappa shape index (κ1) is 18.2. The number of ether oxygens (including phenoxy) is 1. The summed E-state index contributed by atoms with van der Waals surface area (Å²) in [6.07, 6.45) is 3.91. The van der Waals surface area contributed by atoms with Crippen molar-refractivity contribution in [3.8, 4) is 17.0 Å². The summed E-state index contributed by atoms with van der Waals surface area (Å²) in [6, 6.07) is 19.8. The maximum Gasteiger partial charge on any atom is 0.255 e. The van der Waals surface area contributed by atoms with Gasteiger partial charge in [0.1, 0.15) is 11.4 Å². The molecule has 4 aromatic rings. The summed E-state index contributed by atoms with van der Waals surface area (Å²) >= 11 is 0. The van der Waals surface area contributed by atoms with Gasteiger partial charge in [0, 0.05) is 29.2 Å². The number of anilines is 1. The quantitative estimate of drug-likeness (QED) is 0.532. The van der Waals surface area contributed by atoms with E-state index < -0.39 is 5.91 Å². The lowest BCUT2D eigenvalue weighted by molar-refractivity contribution is -0.119. The van der Waals surface area contributed by atoms with Crippen molar-refractivity contribution < 1.29 is 14.3 Å². The zero-order chi connectivity index (χ0) is 20.2. The SMILES string of the molecule is NC(=O)COc1ccc(C(=O)Nc2ccc(-c3cn4ccccc4n3)cc2)cc1. The largest absolute Gasteiger partial charge is 0.484 e. The molecular formula is C22H18N4O3. The third-order valence-electron chi connectivity index (χ3n) is 4.30. The van der Waals surface area contributed by atoms with Gasteiger partial charge in [0.15, 0.2) is 6.61 Å². The molecule has 144 valence electrons. The Labute approximate surface area is 166 Å². The highest BCUT2D eigenvalue weighted by Gasteiger charge is 2.08. The first-order valence-electron chi connectivity index (χ1n) is 8.95. The molecule has 4 rings (SSSR count). The van der Waals surface area contributed by atoms with E-state index >= 15 is 0 Å². The Morgan fingerprint density at radius 1 is 1.00 bits per heavy atom. The van der Waals surface area contributed by atoms with Crippen LogP contribution in [0.3, 0.4) is 0 Å². The second-order valence-corrected chi connectivity index (χ2v) is 6.40. The molecule has 2 amide bonds. The summed E-state index contributed by atoms with van der Waals surface area (Å²) in [7, 11) is 0. The first-order valence-corrected chi connectivity index (χ1v) is 8.95. The second-order valence-electron chi connectivity index (χ2n) is 6.40. The Morgan fingerprint density at radius 3 is 2.45 bits per heavy atom. The van der Waals surface area contributed by atoms with Crippen LogP contribution in [0.5, 0.6) is 5.75 Å². The average molecular weight is 386 g/mol. The van der Waals surface area contributed by atoms with E-state index in [4.69, 9.17) is 10.5 Å². The number of nitrogens with zero attached hydrogens (tertiary/aromatic N) is 2. The summed E-state index contributed by atoms with van der Waals surface area (Å²) < 4.78 is 7.14. The minimum absolute atomic E-state index is 0.204. The molecule has 0 saturated heterocycles. The molecule has 0 fully saturated rings. The third kappa shape index (κ3) is 4.24. The number of hydrogen-bond acceptors (Lipinski definition) is 4. The highest BCUT2D eigenvalue weighted by Crippen LogP contribution is 2.22. The van der Waals surface area contributed by atoms with Crippen LogP contribution in [0.25, 0.3) is 16.9 Å². The molecule has 0 aliphatic carbocycles. The Hall–Kier alpha value is -4.13. The number of amides is 2. The molecule has 0 atom stereocenters. The Balaban J connectivity index is 1.43. The number of imidazole rings is 1. The molecule has 0 aliphatic rings. The second kappa shape index (κ2) is 7.85. The van der Waals surface area contributed by atoms with Crippen molar-refractivity contribution in [1.82, 2.24) is 9.38 Å². The molecule has 0 spiro atoms. The van der Waals surface area contributed by atoms with Gasteiger partial charge in [0.2, 0.25) is 0 Å². The number of benzene rings is 2. The monoisotopic (exact) mass is 386 g/mol. The summed E-state index contributed by atoms with van der Waals surface area (Å²) in [5.41, 5.74) is 8.89. The van der Waals surface area contributed by atoms with Gasteiger partial charge in [-0.2, -0.15) is 0 Å². The lowest BCUT2D eigenvalue weighted by atomic mass is 10.1. The molecule has 7 nitrogen and oxygen atoms in total. The van der Waals surface area contributed by atoms with Crippen molar-refractivity contribution in [2.75, 3.05) is 11.9 Å². The van der Waals surface area contributed by atoms with E-state index in [2.05, 4.69) is 10.3 Å². The van der Waals surface area contributed by atoms with E-state index in [1.165, 1.54) is 0 Å². The number of pyridine rings is 1. The smallest absolute Gasteiger partial charge is 0.255 e. The highest BCUT2D eigenvalue weighted by atomic mass is 16.5. The molecule has 2 aromatic carbocycles. The van der Waals surface area contributed by atoms with Crippen LogP contribution < -0.4 is 15.8 Å². The zero-order valence-corrected chi connectivity index (χ0v) is 15.4. The first-order chi connectivity index (χ1) is 14.1. The molecule has 2 heterocycles. The minimum Gasteiger partial charge on any atom is -0.484 e. The van der Waals surface area contributed by atoms with E-state index in [-0.39, 0.29) is 12.5 Å². The fourth-order valence-electron chi connectivity index (χ4n) is 2.86. The van der Waals surface area contributed by atoms with Gasteiger partial charge >= 0.3 is 0 Å². The predicted octanol–water partition coefficient (Wildman–Crippen LogP) is 3.12. The van der Waals surface area contributed by atoms with E-state index in [1.54, 1.807) is 24.3 Å². The summed E-state index contributed by atoms with van der Waals surface area (Å²) in [4.78, 5) is 27.8. The topological polar surface area (TPSA) is 98.7 Å². The van der Waals surface area contributed by atoms with E-state index in [1.807, 2.05) is 59.3 Å². The van der Waals surface area contributed by atoms with Crippen LogP contribution in [0, 0.1) is 0 Å². The van der Waals surface area contributed by atoms with Crippen LogP contribution in [0.1, 0.15) is 10.4 Å². The van der Waals surface area contributed by atoms with Gasteiger partial charge in [-0.1, -0.05) is 18.2 Å². The molecule has 3 N–H and O–H groups in total. The van der Waals surface area contributed by atoms with Crippen molar-refractivity contribution in [2.24, 2.45) is 5.73 Å². The number of aromatic nitrogens is 2. The standard InChI is InChI=1S/C22H18N4O3/c23-20(27)14-29-18-10-6-16(7-11-18)22(28)24-17-8-4-15(5-9-17)19-13-26-12-2-1-3-21(26)25-19/h1-13H,14H2,(H2,23,27)(H,24,28). The number of nitrogens with one attached hydrogen (secondary N) is 1. The zero-order valence-electron chi connectivity index (χ0n) is 15.4. The summed E-state index contributed by atoms with van der Waals surface area (Å²) in [5, 5.41) is 2.85. The number of primary amides is 1. The number of carbonyl (C=O) groups is 2. The van der Waals surface area contributed by atoms with Crippen molar-refractivity contribution in [1.29, 1.82) is 0 Å². The fourth-order valence-corrected chi connectivity index (χ4v) is 2.86. The number of carbonyl (C=O) groups excluding carboxylic acids is 2. The fraction of sp³-hybridized carbons (Fsp3) is 0.0455. The third-order valence-corrected chi connectivity index (χ3v) is 4.30. The Morgan fingerprint density at radius 2 is 1.76 bits per heavy atom. The average Bonchev–Trinajstić information content (AvgIpc) is 3.17. The van der Waals surface area contributed by atoms with E-state index in [0.29, 0.717) is 17.0 Å². The lowest BCUT2D eigenvalue weighted by Crippen LogP contribution is -2.20. The van der Waals surface area contributed by atoms with Crippen molar-refractivity contribution in [3.63, 3.8) is 0 Å². The maximum atomic E-state index is 12.4. The molecule has 0 unspecified atom stereocenters.